The fourth-order valence-corrected chi connectivity index (χ4v) is 2.96. The Morgan fingerprint density at radius 3 is 2.76 bits per heavy atom. The zero-order chi connectivity index (χ0) is 18.0. The van der Waals surface area contributed by atoms with Crippen molar-refractivity contribution in [3.63, 3.8) is 0 Å². The lowest BCUT2D eigenvalue weighted by Gasteiger charge is -2.21. The molecule has 0 atom stereocenters. The van der Waals surface area contributed by atoms with Crippen LogP contribution in [0, 0.1) is 0 Å². The second kappa shape index (κ2) is 6.74. The van der Waals surface area contributed by atoms with E-state index in [0.29, 0.717) is 23.8 Å². The van der Waals surface area contributed by atoms with E-state index in [1.165, 1.54) is 0 Å². The third-order valence-electron chi connectivity index (χ3n) is 4.03. The quantitative estimate of drug-likeness (QED) is 0.890. The van der Waals surface area contributed by atoms with Gasteiger partial charge in [0, 0.05) is 12.1 Å². The maximum Gasteiger partial charge on any atom is 0.287 e. The molecule has 0 unspecified atom stereocenters. The molecule has 1 aliphatic heterocycles. The Kier molecular flexibility index (Phi) is 4.65. The van der Waals surface area contributed by atoms with Crippen molar-refractivity contribution >= 4 is 11.8 Å². The summed E-state index contributed by atoms with van der Waals surface area (Å²) < 4.78 is 7.10. The van der Waals surface area contributed by atoms with Crippen molar-refractivity contribution < 1.29 is 14.0 Å². The predicted octanol–water partition coefficient (Wildman–Crippen LogP) is 2.27. The maximum absolute atomic E-state index is 12.6. The summed E-state index contributed by atoms with van der Waals surface area (Å²) in [6.07, 6.45) is 4.29. The van der Waals surface area contributed by atoms with E-state index in [1.807, 2.05) is 25.3 Å². The number of carbonyl (C=O) groups is 2. The van der Waals surface area contributed by atoms with Crippen molar-refractivity contribution in [1.29, 1.82) is 0 Å². The fourth-order valence-electron chi connectivity index (χ4n) is 2.96. The second-order valence-corrected chi connectivity index (χ2v) is 7.31. The second-order valence-electron chi connectivity index (χ2n) is 7.31. The van der Waals surface area contributed by atoms with Crippen LogP contribution >= 0.6 is 0 Å². The number of nitrogens with one attached hydrogen (secondary N) is 2. The zero-order valence-corrected chi connectivity index (χ0v) is 14.9. The van der Waals surface area contributed by atoms with Gasteiger partial charge in [-0.2, -0.15) is 0 Å². The molecule has 3 heterocycles. The van der Waals surface area contributed by atoms with Crippen molar-refractivity contribution in [2.75, 3.05) is 0 Å². The Labute approximate surface area is 146 Å². The number of rotatable bonds is 4. The van der Waals surface area contributed by atoms with Gasteiger partial charge in [0.05, 0.1) is 18.5 Å². The SMILES string of the molecule is CC(C)(C)NC(=O)c1nc(C(=O)NCc2ccco2)n2c1CCCC2. The Morgan fingerprint density at radius 2 is 2.08 bits per heavy atom. The molecule has 0 bridgehead atoms. The van der Waals surface area contributed by atoms with Gasteiger partial charge in [0.2, 0.25) is 0 Å². The molecule has 7 nitrogen and oxygen atoms in total. The number of fused-ring (bicyclic) bond motifs is 1. The molecule has 134 valence electrons. The first-order valence-corrected chi connectivity index (χ1v) is 8.57. The average Bonchev–Trinajstić information content (AvgIpc) is 3.18. The van der Waals surface area contributed by atoms with Crippen molar-refractivity contribution in [2.45, 2.75) is 58.7 Å². The molecule has 2 aromatic heterocycles. The highest BCUT2D eigenvalue weighted by Crippen LogP contribution is 2.21. The van der Waals surface area contributed by atoms with Crippen LogP contribution in [0.1, 0.15) is 66.2 Å². The van der Waals surface area contributed by atoms with Crippen LogP contribution in [0.2, 0.25) is 0 Å². The van der Waals surface area contributed by atoms with Crippen LogP contribution < -0.4 is 10.6 Å². The van der Waals surface area contributed by atoms with E-state index in [2.05, 4.69) is 15.6 Å². The number of furan rings is 1. The van der Waals surface area contributed by atoms with Crippen LogP contribution in [0.25, 0.3) is 0 Å². The van der Waals surface area contributed by atoms with Gasteiger partial charge < -0.3 is 19.6 Å². The van der Waals surface area contributed by atoms with Crippen molar-refractivity contribution in [3.05, 3.63) is 41.4 Å². The molecule has 0 spiro atoms. The molecule has 2 aromatic rings. The van der Waals surface area contributed by atoms with Gasteiger partial charge in [0.1, 0.15) is 11.5 Å². The molecule has 25 heavy (non-hydrogen) atoms. The number of carbonyl (C=O) groups excluding carboxylic acids is 2. The van der Waals surface area contributed by atoms with Gasteiger partial charge >= 0.3 is 0 Å². The van der Waals surface area contributed by atoms with Crippen molar-refractivity contribution in [3.8, 4) is 0 Å². The summed E-state index contributed by atoms with van der Waals surface area (Å²) in [7, 11) is 0. The summed E-state index contributed by atoms with van der Waals surface area (Å²) >= 11 is 0. The van der Waals surface area contributed by atoms with E-state index < -0.39 is 0 Å². The summed E-state index contributed by atoms with van der Waals surface area (Å²) in [4.78, 5) is 29.5. The minimum atomic E-state index is -0.357. The molecule has 0 radical (unpaired) electrons. The van der Waals surface area contributed by atoms with Gasteiger partial charge in [-0.3, -0.25) is 9.59 Å². The van der Waals surface area contributed by atoms with Crippen molar-refractivity contribution in [2.24, 2.45) is 0 Å². The lowest BCUT2D eigenvalue weighted by atomic mass is 10.1. The largest absolute Gasteiger partial charge is 0.467 e. The third kappa shape index (κ3) is 3.92. The molecule has 0 aromatic carbocycles. The van der Waals surface area contributed by atoms with E-state index in [0.717, 1.165) is 25.0 Å². The normalized spacial score (nSPS) is 14.0. The molecule has 7 heteroatoms. The first-order chi connectivity index (χ1) is 11.8. The highest BCUT2D eigenvalue weighted by atomic mass is 16.3. The molecule has 0 aliphatic carbocycles. The molecule has 2 N–H and O–H groups in total. The molecule has 2 amide bonds. The summed E-state index contributed by atoms with van der Waals surface area (Å²) in [6.45, 7) is 6.76. The summed E-state index contributed by atoms with van der Waals surface area (Å²) in [5, 5.41) is 5.73. The summed E-state index contributed by atoms with van der Waals surface area (Å²) in [6, 6.07) is 3.57. The maximum atomic E-state index is 12.6. The smallest absolute Gasteiger partial charge is 0.287 e. The van der Waals surface area contributed by atoms with E-state index >= 15 is 0 Å². The van der Waals surface area contributed by atoms with Gasteiger partial charge in [0.15, 0.2) is 5.82 Å². The Balaban J connectivity index is 1.84. The molecule has 3 rings (SSSR count). The average molecular weight is 344 g/mol. The van der Waals surface area contributed by atoms with Gasteiger partial charge in [-0.05, 0) is 52.2 Å². The molecular formula is C18H24N4O3. The minimum absolute atomic E-state index is 0.233. The van der Waals surface area contributed by atoms with Crippen LogP contribution in [0.3, 0.4) is 0 Å². The standard InChI is InChI=1S/C18H24N4O3/c1-18(2,3)21-16(23)14-13-8-4-5-9-22(13)15(20-14)17(24)19-11-12-7-6-10-25-12/h6-7,10H,4-5,8-9,11H2,1-3H3,(H,19,24)(H,21,23). The molecule has 0 saturated carbocycles. The molecular weight excluding hydrogens is 320 g/mol. The molecule has 1 aliphatic rings. The first kappa shape index (κ1) is 17.3. The third-order valence-corrected chi connectivity index (χ3v) is 4.03. The number of hydrogen-bond acceptors (Lipinski definition) is 4. The van der Waals surface area contributed by atoms with Crippen LogP contribution in [-0.4, -0.2) is 26.9 Å². The predicted molar refractivity (Wildman–Crippen MR) is 92.3 cm³/mol. The van der Waals surface area contributed by atoms with E-state index in [9.17, 15) is 9.59 Å². The lowest BCUT2D eigenvalue weighted by Crippen LogP contribution is -2.41. The molecule has 0 saturated heterocycles. The van der Waals surface area contributed by atoms with Gasteiger partial charge in [-0.25, -0.2) is 4.98 Å². The zero-order valence-electron chi connectivity index (χ0n) is 14.9. The van der Waals surface area contributed by atoms with Crippen LogP contribution in [-0.2, 0) is 19.5 Å². The number of nitrogens with zero attached hydrogens (tertiary/aromatic N) is 2. The topological polar surface area (TPSA) is 89.2 Å². The minimum Gasteiger partial charge on any atom is -0.467 e. The number of imidazole rings is 1. The monoisotopic (exact) mass is 344 g/mol. The van der Waals surface area contributed by atoms with E-state index in [1.54, 1.807) is 18.4 Å². The van der Waals surface area contributed by atoms with E-state index in [4.69, 9.17) is 4.42 Å². The number of aromatic nitrogens is 2. The Morgan fingerprint density at radius 1 is 1.28 bits per heavy atom. The van der Waals surface area contributed by atoms with Crippen LogP contribution in [0.15, 0.2) is 22.8 Å². The summed E-state index contributed by atoms with van der Waals surface area (Å²) in [5.41, 5.74) is 0.846. The van der Waals surface area contributed by atoms with Gasteiger partial charge in [-0.15, -0.1) is 0 Å². The van der Waals surface area contributed by atoms with E-state index in [-0.39, 0.29) is 23.9 Å². The van der Waals surface area contributed by atoms with Crippen LogP contribution in [0.4, 0.5) is 0 Å². The van der Waals surface area contributed by atoms with Crippen molar-refractivity contribution in [1.82, 2.24) is 20.2 Å². The Bertz CT molecular complexity index is 769. The first-order valence-electron chi connectivity index (χ1n) is 8.57. The fraction of sp³-hybridized carbons (Fsp3) is 0.500. The van der Waals surface area contributed by atoms with Gasteiger partial charge in [-0.1, -0.05) is 0 Å². The molecule has 0 fully saturated rings. The van der Waals surface area contributed by atoms with Gasteiger partial charge in [0.25, 0.3) is 11.8 Å². The summed E-state index contributed by atoms with van der Waals surface area (Å²) in [5.74, 6) is 0.433. The lowest BCUT2D eigenvalue weighted by molar-refractivity contribution is 0.0913. The Hall–Kier alpha value is -2.57. The van der Waals surface area contributed by atoms with Crippen LogP contribution in [0.5, 0.6) is 0 Å². The number of amides is 2. The highest BCUT2D eigenvalue weighted by Gasteiger charge is 2.28. The highest BCUT2D eigenvalue weighted by molar-refractivity contribution is 5.97. The number of hydrogen-bond donors (Lipinski definition) is 2.